The fourth-order valence-corrected chi connectivity index (χ4v) is 2.05. The molecule has 0 heterocycles. The van der Waals surface area contributed by atoms with E-state index >= 15 is 0 Å². The summed E-state index contributed by atoms with van der Waals surface area (Å²) < 4.78 is 0. The molecule has 1 aromatic carbocycles. The number of amides is 2. The molecular formula is C15H23N3O. The summed E-state index contributed by atoms with van der Waals surface area (Å²) in [5, 5.41) is 3.00. The van der Waals surface area contributed by atoms with Crippen molar-refractivity contribution in [3.8, 4) is 0 Å². The van der Waals surface area contributed by atoms with Crippen LogP contribution in [0.3, 0.4) is 0 Å². The lowest BCUT2D eigenvalue weighted by Gasteiger charge is -2.23. The van der Waals surface area contributed by atoms with E-state index in [9.17, 15) is 4.79 Å². The number of unbranched alkanes of at least 4 members (excludes halogenated alkanes) is 1. The molecule has 0 aromatic heterocycles. The van der Waals surface area contributed by atoms with Crippen LogP contribution >= 0.6 is 0 Å². The monoisotopic (exact) mass is 261 g/mol. The Morgan fingerprint density at radius 3 is 2.63 bits per heavy atom. The van der Waals surface area contributed by atoms with Crippen molar-refractivity contribution in [1.82, 2.24) is 10.2 Å². The van der Waals surface area contributed by atoms with Crippen LogP contribution in [-0.4, -0.2) is 23.5 Å². The lowest BCUT2D eigenvalue weighted by molar-refractivity contribution is 0.192. The lowest BCUT2D eigenvalue weighted by Crippen LogP contribution is -2.41. The molecule has 1 aliphatic rings. The molecule has 104 valence electrons. The molecule has 1 saturated carbocycles. The van der Waals surface area contributed by atoms with Crippen LogP contribution in [-0.2, 0) is 6.54 Å². The number of hydrogen-bond acceptors (Lipinski definition) is 2. The maximum Gasteiger partial charge on any atom is 0.317 e. The lowest BCUT2D eigenvalue weighted by atomic mass is 10.2. The van der Waals surface area contributed by atoms with Gasteiger partial charge in [-0.05, 0) is 37.0 Å². The van der Waals surface area contributed by atoms with E-state index in [1.54, 1.807) is 0 Å². The molecule has 0 atom stereocenters. The molecule has 3 N–H and O–H groups in total. The Morgan fingerprint density at radius 1 is 1.37 bits per heavy atom. The van der Waals surface area contributed by atoms with Gasteiger partial charge in [-0.2, -0.15) is 0 Å². The Balaban J connectivity index is 1.92. The highest BCUT2D eigenvalue weighted by atomic mass is 16.2. The van der Waals surface area contributed by atoms with Crippen molar-refractivity contribution in [3.63, 3.8) is 0 Å². The zero-order chi connectivity index (χ0) is 13.7. The van der Waals surface area contributed by atoms with Gasteiger partial charge < -0.3 is 16.0 Å². The van der Waals surface area contributed by atoms with Gasteiger partial charge in [0.15, 0.2) is 0 Å². The Bertz CT molecular complexity index is 412. The van der Waals surface area contributed by atoms with Crippen LogP contribution in [0.4, 0.5) is 10.5 Å². The van der Waals surface area contributed by atoms with Gasteiger partial charge in [-0.1, -0.05) is 25.5 Å². The Hall–Kier alpha value is -1.71. The molecule has 19 heavy (non-hydrogen) atoms. The highest BCUT2D eigenvalue weighted by Gasteiger charge is 2.32. The molecule has 2 rings (SSSR count). The molecule has 1 aliphatic carbocycles. The maximum absolute atomic E-state index is 12.2. The van der Waals surface area contributed by atoms with E-state index in [-0.39, 0.29) is 6.03 Å². The van der Waals surface area contributed by atoms with Gasteiger partial charge in [0.05, 0.1) is 0 Å². The molecule has 4 heteroatoms. The van der Waals surface area contributed by atoms with Crippen molar-refractivity contribution >= 4 is 11.7 Å². The number of nitrogens with zero attached hydrogens (tertiary/aromatic N) is 1. The fraction of sp³-hybridized carbons (Fsp3) is 0.533. The average Bonchev–Trinajstić information content (AvgIpc) is 3.22. The van der Waals surface area contributed by atoms with Crippen molar-refractivity contribution in [1.29, 1.82) is 0 Å². The molecule has 0 spiro atoms. The Labute approximate surface area is 115 Å². The maximum atomic E-state index is 12.2. The minimum atomic E-state index is 0.0628. The van der Waals surface area contributed by atoms with E-state index in [1.807, 2.05) is 29.2 Å². The summed E-state index contributed by atoms with van der Waals surface area (Å²) in [6, 6.07) is 8.23. The number of benzene rings is 1. The average molecular weight is 261 g/mol. The van der Waals surface area contributed by atoms with Crippen LogP contribution < -0.4 is 11.1 Å². The van der Waals surface area contributed by atoms with Crippen molar-refractivity contribution in [2.45, 2.75) is 45.2 Å². The van der Waals surface area contributed by atoms with Gasteiger partial charge in [-0.3, -0.25) is 0 Å². The predicted molar refractivity (Wildman–Crippen MR) is 77.7 cm³/mol. The number of carbonyl (C=O) groups excluding carboxylic acids is 1. The van der Waals surface area contributed by atoms with E-state index < -0.39 is 0 Å². The topological polar surface area (TPSA) is 58.4 Å². The first-order valence-corrected chi connectivity index (χ1v) is 7.09. The first kappa shape index (κ1) is 13.7. The second-order valence-corrected chi connectivity index (χ2v) is 5.19. The van der Waals surface area contributed by atoms with Gasteiger partial charge in [-0.25, -0.2) is 4.79 Å². The zero-order valence-corrected chi connectivity index (χ0v) is 11.6. The third kappa shape index (κ3) is 4.16. The third-order valence-electron chi connectivity index (χ3n) is 3.39. The summed E-state index contributed by atoms with van der Waals surface area (Å²) in [5.74, 6) is 0. The van der Waals surface area contributed by atoms with Gasteiger partial charge >= 0.3 is 6.03 Å². The van der Waals surface area contributed by atoms with Gasteiger partial charge in [0.1, 0.15) is 0 Å². The Kier molecular flexibility index (Phi) is 4.66. The minimum absolute atomic E-state index is 0.0628. The number of nitrogens with two attached hydrogens (primary N) is 1. The van der Waals surface area contributed by atoms with Crippen LogP contribution in [0, 0.1) is 0 Å². The quantitative estimate of drug-likeness (QED) is 0.611. The first-order valence-electron chi connectivity index (χ1n) is 7.09. The number of urea groups is 1. The van der Waals surface area contributed by atoms with E-state index in [0.717, 1.165) is 43.5 Å². The van der Waals surface area contributed by atoms with Crippen molar-refractivity contribution in [2.75, 3.05) is 12.3 Å². The van der Waals surface area contributed by atoms with Crippen LogP contribution in [0.25, 0.3) is 0 Å². The molecule has 1 fully saturated rings. The summed E-state index contributed by atoms with van der Waals surface area (Å²) >= 11 is 0. The summed E-state index contributed by atoms with van der Waals surface area (Å²) in [7, 11) is 0. The number of nitrogens with one attached hydrogen (secondary N) is 1. The van der Waals surface area contributed by atoms with E-state index in [1.165, 1.54) is 0 Å². The summed E-state index contributed by atoms with van der Waals surface area (Å²) in [6.07, 6.45) is 4.38. The van der Waals surface area contributed by atoms with Crippen molar-refractivity contribution in [2.24, 2.45) is 0 Å². The SMILES string of the molecule is CCCCNC(=O)N(Cc1ccc(N)cc1)C1CC1. The number of nitrogen functional groups attached to an aromatic ring is 1. The summed E-state index contributed by atoms with van der Waals surface area (Å²) in [6.45, 7) is 3.56. The highest BCUT2D eigenvalue weighted by molar-refractivity contribution is 5.74. The number of carbonyl (C=O) groups is 1. The van der Waals surface area contributed by atoms with Crippen LogP contribution in [0.1, 0.15) is 38.2 Å². The van der Waals surface area contributed by atoms with E-state index in [0.29, 0.717) is 12.6 Å². The number of hydrogen-bond donors (Lipinski definition) is 2. The zero-order valence-electron chi connectivity index (χ0n) is 11.6. The smallest absolute Gasteiger partial charge is 0.317 e. The number of anilines is 1. The largest absolute Gasteiger partial charge is 0.399 e. The Morgan fingerprint density at radius 2 is 2.05 bits per heavy atom. The van der Waals surface area contributed by atoms with Gasteiger partial charge in [-0.15, -0.1) is 0 Å². The standard InChI is InChI=1S/C15H23N3O/c1-2-3-10-17-15(19)18(14-8-9-14)11-12-4-6-13(16)7-5-12/h4-7,14H,2-3,8-11,16H2,1H3,(H,17,19). The second kappa shape index (κ2) is 6.45. The predicted octanol–water partition coefficient (Wildman–Crippen LogP) is 2.74. The molecule has 0 bridgehead atoms. The first-order chi connectivity index (χ1) is 9.20. The fourth-order valence-electron chi connectivity index (χ4n) is 2.05. The van der Waals surface area contributed by atoms with Crippen molar-refractivity contribution < 1.29 is 4.79 Å². The molecule has 0 unspecified atom stereocenters. The van der Waals surface area contributed by atoms with Gasteiger partial charge in [0.2, 0.25) is 0 Å². The molecule has 0 aliphatic heterocycles. The second-order valence-electron chi connectivity index (χ2n) is 5.19. The normalized spacial score (nSPS) is 14.2. The molecule has 0 saturated heterocycles. The molecule has 2 amide bonds. The third-order valence-corrected chi connectivity index (χ3v) is 3.39. The van der Waals surface area contributed by atoms with Crippen LogP contribution in [0.2, 0.25) is 0 Å². The van der Waals surface area contributed by atoms with Crippen molar-refractivity contribution in [3.05, 3.63) is 29.8 Å². The summed E-state index contributed by atoms with van der Waals surface area (Å²) in [4.78, 5) is 14.1. The number of rotatable bonds is 6. The highest BCUT2D eigenvalue weighted by Crippen LogP contribution is 2.28. The molecular weight excluding hydrogens is 238 g/mol. The van der Waals surface area contributed by atoms with Crippen LogP contribution in [0.5, 0.6) is 0 Å². The molecule has 4 nitrogen and oxygen atoms in total. The van der Waals surface area contributed by atoms with E-state index in [4.69, 9.17) is 5.73 Å². The molecule has 0 radical (unpaired) electrons. The molecule has 1 aromatic rings. The van der Waals surface area contributed by atoms with Gasteiger partial charge in [0, 0.05) is 24.8 Å². The summed E-state index contributed by atoms with van der Waals surface area (Å²) in [5.41, 5.74) is 7.57. The van der Waals surface area contributed by atoms with Gasteiger partial charge in [0.25, 0.3) is 0 Å². The van der Waals surface area contributed by atoms with Crippen LogP contribution in [0.15, 0.2) is 24.3 Å². The van der Waals surface area contributed by atoms with E-state index in [2.05, 4.69) is 12.2 Å². The minimum Gasteiger partial charge on any atom is -0.399 e.